The minimum Gasteiger partial charge on any atom is -0.356 e. The van der Waals surface area contributed by atoms with Gasteiger partial charge in [-0.1, -0.05) is 6.92 Å². The third kappa shape index (κ3) is 4.65. The number of nitrogens with zero attached hydrogens (tertiary/aromatic N) is 2. The van der Waals surface area contributed by atoms with E-state index in [0.29, 0.717) is 23.6 Å². The predicted molar refractivity (Wildman–Crippen MR) is 89.8 cm³/mol. The molecule has 2 aromatic rings. The number of aromatic nitrogens is 2. The Bertz CT molecular complexity index is 710. The SMILES string of the molecule is CCCNC(=O)CCC(=O)Nc1c(-c2ccc(F)cc2)ncn1C. The van der Waals surface area contributed by atoms with E-state index in [0.717, 1.165) is 6.42 Å². The summed E-state index contributed by atoms with van der Waals surface area (Å²) in [6, 6.07) is 5.89. The molecule has 0 saturated carbocycles. The highest BCUT2D eigenvalue weighted by atomic mass is 19.1. The first-order chi connectivity index (χ1) is 11.5. The van der Waals surface area contributed by atoms with Crippen LogP contribution in [-0.4, -0.2) is 27.9 Å². The van der Waals surface area contributed by atoms with Crippen LogP contribution in [0.3, 0.4) is 0 Å². The molecule has 6 nitrogen and oxygen atoms in total. The van der Waals surface area contributed by atoms with Crippen molar-refractivity contribution in [3.8, 4) is 11.3 Å². The quantitative estimate of drug-likeness (QED) is 0.818. The molecule has 0 atom stereocenters. The number of benzene rings is 1. The molecule has 0 bridgehead atoms. The molecule has 1 heterocycles. The molecule has 0 aliphatic heterocycles. The van der Waals surface area contributed by atoms with Crippen molar-refractivity contribution in [3.63, 3.8) is 0 Å². The number of hydrogen-bond donors (Lipinski definition) is 2. The van der Waals surface area contributed by atoms with E-state index in [1.807, 2.05) is 6.92 Å². The Kier molecular flexibility index (Phi) is 6.06. The second-order valence-corrected chi connectivity index (χ2v) is 5.46. The average molecular weight is 332 g/mol. The maximum absolute atomic E-state index is 13.0. The summed E-state index contributed by atoms with van der Waals surface area (Å²) >= 11 is 0. The summed E-state index contributed by atoms with van der Waals surface area (Å²) in [5, 5.41) is 5.50. The minimum atomic E-state index is -0.335. The molecule has 0 aliphatic carbocycles. The average Bonchev–Trinajstić information content (AvgIpc) is 2.92. The van der Waals surface area contributed by atoms with E-state index >= 15 is 0 Å². The van der Waals surface area contributed by atoms with Crippen molar-refractivity contribution in [2.24, 2.45) is 7.05 Å². The molecule has 0 aliphatic rings. The fourth-order valence-corrected chi connectivity index (χ4v) is 2.17. The number of anilines is 1. The van der Waals surface area contributed by atoms with Crippen LogP contribution in [0.15, 0.2) is 30.6 Å². The highest BCUT2D eigenvalue weighted by Gasteiger charge is 2.15. The molecular formula is C17H21FN4O2. The topological polar surface area (TPSA) is 76.0 Å². The summed E-state index contributed by atoms with van der Waals surface area (Å²) in [4.78, 5) is 27.9. The Labute approximate surface area is 140 Å². The molecule has 1 aromatic carbocycles. The Hall–Kier alpha value is -2.70. The van der Waals surface area contributed by atoms with Gasteiger partial charge >= 0.3 is 0 Å². The molecule has 1 aromatic heterocycles. The van der Waals surface area contributed by atoms with Crippen LogP contribution in [0, 0.1) is 5.82 Å². The zero-order chi connectivity index (χ0) is 17.5. The molecule has 24 heavy (non-hydrogen) atoms. The predicted octanol–water partition coefficient (Wildman–Crippen LogP) is 2.47. The Morgan fingerprint density at radius 1 is 1.17 bits per heavy atom. The van der Waals surface area contributed by atoms with Gasteiger partial charge < -0.3 is 15.2 Å². The van der Waals surface area contributed by atoms with Crippen LogP contribution in [-0.2, 0) is 16.6 Å². The number of amides is 2. The number of halogens is 1. The van der Waals surface area contributed by atoms with Gasteiger partial charge in [0.2, 0.25) is 11.8 Å². The van der Waals surface area contributed by atoms with Crippen LogP contribution in [0.4, 0.5) is 10.2 Å². The first-order valence-corrected chi connectivity index (χ1v) is 7.85. The van der Waals surface area contributed by atoms with Crippen molar-refractivity contribution in [1.29, 1.82) is 0 Å². The van der Waals surface area contributed by atoms with Gasteiger partial charge in [-0.05, 0) is 30.7 Å². The molecule has 2 amide bonds. The summed E-state index contributed by atoms with van der Waals surface area (Å²) in [6.07, 6.45) is 2.65. The monoisotopic (exact) mass is 332 g/mol. The maximum Gasteiger partial charge on any atom is 0.226 e. The molecular weight excluding hydrogens is 311 g/mol. The smallest absolute Gasteiger partial charge is 0.226 e. The lowest BCUT2D eigenvalue weighted by atomic mass is 10.1. The van der Waals surface area contributed by atoms with E-state index in [1.54, 1.807) is 30.1 Å². The van der Waals surface area contributed by atoms with E-state index in [1.165, 1.54) is 12.1 Å². The zero-order valence-electron chi connectivity index (χ0n) is 13.8. The molecule has 2 rings (SSSR count). The molecule has 0 spiro atoms. The fourth-order valence-electron chi connectivity index (χ4n) is 2.17. The standard InChI is InChI=1S/C17H21FN4O2/c1-3-10-19-14(23)8-9-15(24)21-17-16(20-11-22(17)2)12-4-6-13(18)7-5-12/h4-7,11H,3,8-10H2,1-2H3,(H,19,23)(H,21,24). The summed E-state index contributed by atoms with van der Waals surface area (Å²) in [6.45, 7) is 2.57. The van der Waals surface area contributed by atoms with Gasteiger partial charge in [-0.25, -0.2) is 9.37 Å². The van der Waals surface area contributed by atoms with Gasteiger partial charge in [-0.3, -0.25) is 9.59 Å². The highest BCUT2D eigenvalue weighted by molar-refractivity contribution is 5.95. The Morgan fingerprint density at radius 2 is 1.83 bits per heavy atom. The molecule has 0 unspecified atom stereocenters. The van der Waals surface area contributed by atoms with E-state index < -0.39 is 0 Å². The van der Waals surface area contributed by atoms with Crippen molar-refractivity contribution in [2.75, 3.05) is 11.9 Å². The Morgan fingerprint density at radius 3 is 2.50 bits per heavy atom. The molecule has 0 fully saturated rings. The van der Waals surface area contributed by atoms with E-state index in [4.69, 9.17) is 0 Å². The third-order valence-electron chi connectivity index (χ3n) is 3.46. The number of hydrogen-bond acceptors (Lipinski definition) is 3. The lowest BCUT2D eigenvalue weighted by Crippen LogP contribution is -2.25. The van der Waals surface area contributed by atoms with Crippen LogP contribution in [0.2, 0.25) is 0 Å². The van der Waals surface area contributed by atoms with Crippen molar-refractivity contribution >= 4 is 17.6 Å². The number of aryl methyl sites for hydroxylation is 1. The first kappa shape index (κ1) is 17.7. The number of rotatable bonds is 7. The van der Waals surface area contributed by atoms with Gasteiger partial charge in [0.25, 0.3) is 0 Å². The summed E-state index contributed by atoms with van der Waals surface area (Å²) in [5.74, 6) is -0.233. The molecule has 7 heteroatoms. The first-order valence-electron chi connectivity index (χ1n) is 7.85. The number of nitrogens with one attached hydrogen (secondary N) is 2. The highest BCUT2D eigenvalue weighted by Crippen LogP contribution is 2.26. The second kappa shape index (κ2) is 8.24. The van der Waals surface area contributed by atoms with E-state index in [2.05, 4.69) is 15.6 Å². The van der Waals surface area contributed by atoms with Gasteiger partial charge in [0, 0.05) is 32.0 Å². The molecule has 128 valence electrons. The minimum absolute atomic E-state index is 0.0869. The number of carbonyl (C=O) groups excluding carboxylic acids is 2. The van der Waals surface area contributed by atoms with Crippen LogP contribution >= 0.6 is 0 Å². The van der Waals surface area contributed by atoms with Gasteiger partial charge in [0.15, 0.2) is 0 Å². The lowest BCUT2D eigenvalue weighted by Gasteiger charge is -2.09. The van der Waals surface area contributed by atoms with E-state index in [9.17, 15) is 14.0 Å². The molecule has 0 saturated heterocycles. The normalized spacial score (nSPS) is 10.5. The lowest BCUT2D eigenvalue weighted by molar-refractivity contribution is -0.124. The Balaban J connectivity index is 2.02. The van der Waals surface area contributed by atoms with Gasteiger partial charge in [-0.15, -0.1) is 0 Å². The fraction of sp³-hybridized carbons (Fsp3) is 0.353. The second-order valence-electron chi connectivity index (χ2n) is 5.46. The van der Waals surface area contributed by atoms with Gasteiger partial charge in [0.05, 0.1) is 6.33 Å². The third-order valence-corrected chi connectivity index (χ3v) is 3.46. The number of imidazole rings is 1. The van der Waals surface area contributed by atoms with E-state index in [-0.39, 0.29) is 30.5 Å². The summed E-state index contributed by atoms with van der Waals surface area (Å²) in [5.41, 5.74) is 1.26. The summed E-state index contributed by atoms with van der Waals surface area (Å²) in [7, 11) is 1.75. The van der Waals surface area contributed by atoms with Crippen molar-refractivity contribution in [1.82, 2.24) is 14.9 Å². The van der Waals surface area contributed by atoms with Gasteiger partial charge in [-0.2, -0.15) is 0 Å². The number of carbonyl (C=O) groups is 2. The maximum atomic E-state index is 13.0. The van der Waals surface area contributed by atoms with Crippen LogP contribution in [0.25, 0.3) is 11.3 Å². The van der Waals surface area contributed by atoms with Crippen LogP contribution in [0.1, 0.15) is 26.2 Å². The van der Waals surface area contributed by atoms with Crippen molar-refractivity contribution in [3.05, 3.63) is 36.4 Å². The molecule has 0 radical (unpaired) electrons. The van der Waals surface area contributed by atoms with Crippen LogP contribution in [0.5, 0.6) is 0 Å². The molecule has 2 N–H and O–H groups in total. The van der Waals surface area contributed by atoms with Crippen LogP contribution < -0.4 is 10.6 Å². The van der Waals surface area contributed by atoms with Gasteiger partial charge in [0.1, 0.15) is 17.3 Å². The van der Waals surface area contributed by atoms with Crippen molar-refractivity contribution < 1.29 is 14.0 Å². The largest absolute Gasteiger partial charge is 0.356 e. The van der Waals surface area contributed by atoms with Crippen molar-refractivity contribution in [2.45, 2.75) is 26.2 Å². The summed E-state index contributed by atoms with van der Waals surface area (Å²) < 4.78 is 14.7. The zero-order valence-corrected chi connectivity index (χ0v) is 13.8.